The van der Waals surface area contributed by atoms with E-state index in [0.29, 0.717) is 16.9 Å². The van der Waals surface area contributed by atoms with Gasteiger partial charge in [0.25, 0.3) is 0 Å². The van der Waals surface area contributed by atoms with Crippen LogP contribution < -0.4 is 9.16 Å². The van der Waals surface area contributed by atoms with E-state index in [2.05, 4.69) is 19.6 Å². The average molecular weight is 352 g/mol. The van der Waals surface area contributed by atoms with Crippen molar-refractivity contribution < 1.29 is 19.1 Å². The molecule has 3 rings (SSSR count). The third kappa shape index (κ3) is 3.83. The summed E-state index contributed by atoms with van der Waals surface area (Å²) in [6.07, 6.45) is 0. The van der Waals surface area contributed by atoms with Crippen molar-refractivity contribution >= 4 is 25.1 Å². The van der Waals surface area contributed by atoms with Crippen LogP contribution in [0.5, 0.6) is 17.2 Å². The van der Waals surface area contributed by atoms with E-state index in [0.717, 1.165) is 5.39 Å². The van der Waals surface area contributed by atoms with E-state index in [1.54, 1.807) is 36.4 Å². The molecule has 3 aromatic rings. The maximum absolute atomic E-state index is 12.6. The largest absolute Gasteiger partial charge is 0.544 e. The first-order valence-corrected chi connectivity index (χ1v) is 11.5. The Balaban J connectivity index is 2.08. The smallest absolute Gasteiger partial charge is 0.347 e. The summed E-state index contributed by atoms with van der Waals surface area (Å²) in [4.78, 5) is 12.6. The minimum atomic E-state index is -1.90. The third-order valence-electron chi connectivity index (χ3n) is 3.57. The van der Waals surface area contributed by atoms with E-state index < -0.39 is 14.3 Å². The molecule has 1 N–H and O–H groups in total. The molecule has 0 radical (unpaired) electrons. The molecule has 3 aromatic carbocycles. The first-order chi connectivity index (χ1) is 11.8. The van der Waals surface area contributed by atoms with E-state index in [4.69, 9.17) is 9.16 Å². The zero-order chi connectivity index (χ0) is 18.0. The summed E-state index contributed by atoms with van der Waals surface area (Å²) in [5.41, 5.74) is 0.0933. The van der Waals surface area contributed by atoms with Crippen LogP contribution >= 0.6 is 0 Å². The van der Waals surface area contributed by atoms with Crippen molar-refractivity contribution in [2.45, 2.75) is 19.6 Å². The number of carbonyl (C=O) groups is 1. The highest BCUT2D eigenvalue weighted by atomic mass is 28.4. The van der Waals surface area contributed by atoms with Crippen LogP contribution in [0.3, 0.4) is 0 Å². The normalized spacial score (nSPS) is 11.3. The van der Waals surface area contributed by atoms with Gasteiger partial charge in [-0.1, -0.05) is 42.5 Å². The molecule has 128 valence electrons. The molecule has 4 nitrogen and oxygen atoms in total. The average Bonchev–Trinajstić information content (AvgIpc) is 2.57. The summed E-state index contributed by atoms with van der Waals surface area (Å²) in [6, 6.07) is 17.7. The maximum atomic E-state index is 12.6. The highest BCUT2D eigenvalue weighted by molar-refractivity contribution is 6.70. The van der Waals surface area contributed by atoms with E-state index in [1.165, 1.54) is 0 Å². The number of benzene rings is 3. The van der Waals surface area contributed by atoms with Gasteiger partial charge in [0.1, 0.15) is 22.8 Å². The van der Waals surface area contributed by atoms with E-state index in [-0.39, 0.29) is 11.3 Å². The van der Waals surface area contributed by atoms with Crippen molar-refractivity contribution in [2.24, 2.45) is 0 Å². The summed E-state index contributed by atoms with van der Waals surface area (Å²) in [6.45, 7) is 6.20. The number of ether oxygens (including phenoxy) is 1. The fraction of sp³-hybridized carbons (Fsp3) is 0.150. The number of phenolic OH excluding ortho intramolecular Hbond substituents is 1. The Morgan fingerprint density at radius 2 is 1.52 bits per heavy atom. The van der Waals surface area contributed by atoms with E-state index in [9.17, 15) is 9.90 Å². The monoisotopic (exact) mass is 352 g/mol. The number of esters is 1. The van der Waals surface area contributed by atoms with E-state index >= 15 is 0 Å². The lowest BCUT2D eigenvalue weighted by Crippen LogP contribution is -2.29. The van der Waals surface area contributed by atoms with Gasteiger partial charge >= 0.3 is 5.97 Å². The number of aromatic hydroxyl groups is 1. The van der Waals surface area contributed by atoms with Gasteiger partial charge in [0.05, 0.1) is 0 Å². The second-order valence-corrected chi connectivity index (χ2v) is 11.2. The Kier molecular flexibility index (Phi) is 4.50. The van der Waals surface area contributed by atoms with Crippen LogP contribution in [0.15, 0.2) is 60.7 Å². The topological polar surface area (TPSA) is 55.8 Å². The molecule has 0 amide bonds. The second kappa shape index (κ2) is 6.61. The molecule has 0 aliphatic rings. The minimum absolute atomic E-state index is 0.0933. The number of hydrogen-bond acceptors (Lipinski definition) is 4. The van der Waals surface area contributed by atoms with Gasteiger partial charge in [0.2, 0.25) is 8.32 Å². The number of rotatable bonds is 4. The van der Waals surface area contributed by atoms with Crippen LogP contribution in [0.4, 0.5) is 0 Å². The van der Waals surface area contributed by atoms with Crippen molar-refractivity contribution in [3.05, 3.63) is 66.2 Å². The maximum Gasteiger partial charge on any atom is 0.347 e. The molecule has 0 bridgehead atoms. The zero-order valence-corrected chi connectivity index (χ0v) is 15.4. The van der Waals surface area contributed by atoms with Gasteiger partial charge in [0, 0.05) is 10.8 Å². The Labute approximate surface area is 147 Å². The predicted molar refractivity (Wildman–Crippen MR) is 101 cm³/mol. The number of fused-ring (bicyclic) bond motifs is 1. The van der Waals surface area contributed by atoms with Crippen molar-refractivity contribution in [1.29, 1.82) is 0 Å². The zero-order valence-electron chi connectivity index (χ0n) is 14.4. The predicted octanol–water partition coefficient (Wildman–Crippen LogP) is 4.98. The Bertz CT molecular complexity index is 914. The van der Waals surface area contributed by atoms with Crippen molar-refractivity contribution in [3.8, 4) is 17.2 Å². The van der Waals surface area contributed by atoms with Gasteiger partial charge in [-0.15, -0.1) is 0 Å². The lowest BCUT2D eigenvalue weighted by molar-refractivity contribution is 0.0731. The molecule has 5 heteroatoms. The van der Waals surface area contributed by atoms with Gasteiger partial charge in [-0.3, -0.25) is 0 Å². The first-order valence-electron chi connectivity index (χ1n) is 8.06. The van der Waals surface area contributed by atoms with Crippen molar-refractivity contribution in [3.63, 3.8) is 0 Å². The molecule has 0 saturated carbocycles. The number of hydrogen-bond donors (Lipinski definition) is 1. The van der Waals surface area contributed by atoms with Crippen LogP contribution in [0.1, 0.15) is 10.4 Å². The van der Waals surface area contributed by atoms with Crippen LogP contribution in [0.2, 0.25) is 19.6 Å². The fourth-order valence-corrected chi connectivity index (χ4v) is 3.38. The summed E-state index contributed by atoms with van der Waals surface area (Å²) >= 11 is 0. The quantitative estimate of drug-likeness (QED) is 0.409. The summed E-state index contributed by atoms with van der Waals surface area (Å²) in [5.74, 6) is 0.301. The van der Waals surface area contributed by atoms with Crippen LogP contribution in [0.25, 0.3) is 10.8 Å². The summed E-state index contributed by atoms with van der Waals surface area (Å²) in [7, 11) is -1.90. The molecule has 0 aliphatic heterocycles. The molecular weight excluding hydrogens is 332 g/mol. The molecule has 25 heavy (non-hydrogen) atoms. The van der Waals surface area contributed by atoms with Crippen molar-refractivity contribution in [2.75, 3.05) is 0 Å². The molecule has 0 atom stereocenters. The Morgan fingerprint density at radius 3 is 2.16 bits per heavy atom. The van der Waals surface area contributed by atoms with Crippen LogP contribution in [-0.2, 0) is 0 Å². The van der Waals surface area contributed by atoms with Gasteiger partial charge in [-0.05, 0) is 37.8 Å². The first kappa shape index (κ1) is 17.0. The standard InChI is InChI=1S/C20H20O4Si/c1-25(2,3)24-18-13-17(19(21)16-12-8-7-11-15(16)18)20(22)23-14-9-5-4-6-10-14/h4-13,21H,1-3H3. The summed E-state index contributed by atoms with van der Waals surface area (Å²) in [5, 5.41) is 11.9. The molecule has 0 fully saturated rings. The highest BCUT2D eigenvalue weighted by Gasteiger charge is 2.23. The molecule has 0 aliphatic carbocycles. The molecule has 0 spiro atoms. The minimum Gasteiger partial charge on any atom is -0.544 e. The second-order valence-electron chi connectivity index (χ2n) is 6.73. The molecule has 0 saturated heterocycles. The van der Waals surface area contributed by atoms with Gasteiger partial charge in [-0.25, -0.2) is 4.79 Å². The third-order valence-corrected chi connectivity index (χ3v) is 4.40. The van der Waals surface area contributed by atoms with Crippen LogP contribution in [0, 0.1) is 0 Å². The number of phenols is 1. The van der Waals surface area contributed by atoms with Gasteiger partial charge < -0.3 is 14.3 Å². The Morgan fingerprint density at radius 1 is 0.920 bits per heavy atom. The lowest BCUT2D eigenvalue weighted by atomic mass is 10.0. The number of para-hydroxylation sites is 1. The SMILES string of the molecule is C[Si](C)(C)Oc1cc(C(=O)Oc2ccccc2)c(O)c2ccccc12. The fourth-order valence-electron chi connectivity index (χ4n) is 2.55. The Hall–Kier alpha value is -2.79. The number of carbonyl (C=O) groups excluding carboxylic acids is 1. The molecule has 0 aromatic heterocycles. The lowest BCUT2D eigenvalue weighted by Gasteiger charge is -2.22. The van der Waals surface area contributed by atoms with Crippen LogP contribution in [-0.4, -0.2) is 19.4 Å². The van der Waals surface area contributed by atoms with Gasteiger partial charge in [0.15, 0.2) is 0 Å². The molecular formula is C20H20O4Si. The summed E-state index contributed by atoms with van der Waals surface area (Å²) < 4.78 is 11.5. The molecule has 0 heterocycles. The highest BCUT2D eigenvalue weighted by Crippen LogP contribution is 2.37. The van der Waals surface area contributed by atoms with Gasteiger partial charge in [-0.2, -0.15) is 0 Å². The molecule has 0 unspecified atom stereocenters. The van der Waals surface area contributed by atoms with E-state index in [1.807, 2.05) is 24.3 Å². The van der Waals surface area contributed by atoms with Crippen molar-refractivity contribution in [1.82, 2.24) is 0 Å².